The van der Waals surface area contributed by atoms with E-state index in [1.807, 2.05) is 11.8 Å². The minimum atomic E-state index is -0.0462. The minimum Gasteiger partial charge on any atom is -0.395 e. The average molecular weight is 252 g/mol. The molecule has 0 spiro atoms. The number of hydrogen-bond donors (Lipinski definition) is 1. The fourth-order valence-corrected chi connectivity index (χ4v) is 2.09. The zero-order chi connectivity index (χ0) is 13.3. The number of amides is 1. The number of rotatable bonds is 5. The van der Waals surface area contributed by atoms with Gasteiger partial charge in [0, 0.05) is 26.7 Å². The first-order chi connectivity index (χ1) is 8.56. The molecular formula is C12H20N4O2. The van der Waals surface area contributed by atoms with E-state index in [0.29, 0.717) is 36.3 Å². The van der Waals surface area contributed by atoms with Crippen molar-refractivity contribution in [3.8, 4) is 0 Å². The molecule has 0 bridgehead atoms. The number of methoxy groups -OCH3 is 1. The summed E-state index contributed by atoms with van der Waals surface area (Å²) >= 11 is 0. The summed E-state index contributed by atoms with van der Waals surface area (Å²) in [4.78, 5) is 14.4. The lowest BCUT2D eigenvalue weighted by atomic mass is 10.2. The van der Waals surface area contributed by atoms with E-state index in [-0.39, 0.29) is 5.91 Å². The Kier molecular flexibility index (Phi) is 3.56. The number of anilines is 1. The molecule has 100 valence electrons. The molecule has 0 radical (unpaired) electrons. The molecule has 2 rings (SSSR count). The highest BCUT2D eigenvalue weighted by molar-refractivity contribution is 5.98. The number of nitrogens with zero attached hydrogens (tertiary/aromatic N) is 3. The smallest absolute Gasteiger partial charge is 0.274 e. The number of nitrogens with two attached hydrogens (primary N) is 1. The largest absolute Gasteiger partial charge is 0.395 e. The monoisotopic (exact) mass is 252 g/mol. The molecule has 1 aromatic heterocycles. The van der Waals surface area contributed by atoms with Crippen LogP contribution in [0, 0.1) is 6.92 Å². The second kappa shape index (κ2) is 4.97. The van der Waals surface area contributed by atoms with E-state index >= 15 is 0 Å². The molecular weight excluding hydrogens is 232 g/mol. The van der Waals surface area contributed by atoms with Crippen LogP contribution in [0.5, 0.6) is 0 Å². The van der Waals surface area contributed by atoms with Crippen LogP contribution in [0.1, 0.15) is 29.0 Å². The summed E-state index contributed by atoms with van der Waals surface area (Å²) in [6, 6.07) is 0.335. The molecule has 18 heavy (non-hydrogen) atoms. The molecule has 1 amide bonds. The molecule has 6 heteroatoms. The van der Waals surface area contributed by atoms with E-state index in [2.05, 4.69) is 5.10 Å². The maximum Gasteiger partial charge on any atom is 0.274 e. The molecule has 1 aliphatic rings. The highest BCUT2D eigenvalue weighted by Crippen LogP contribution is 2.29. The summed E-state index contributed by atoms with van der Waals surface area (Å²) in [6.45, 7) is 2.95. The van der Waals surface area contributed by atoms with Crippen molar-refractivity contribution < 1.29 is 9.53 Å². The van der Waals surface area contributed by atoms with Crippen LogP contribution in [0.4, 0.5) is 5.69 Å². The SMILES string of the molecule is COCCN(C(=O)c1c(N)c(C)nn1C)C1CC1. The summed E-state index contributed by atoms with van der Waals surface area (Å²) in [7, 11) is 3.39. The predicted molar refractivity (Wildman–Crippen MR) is 68.3 cm³/mol. The molecule has 1 heterocycles. The number of carbonyl (C=O) groups excluding carboxylic acids is 1. The molecule has 2 N–H and O–H groups in total. The van der Waals surface area contributed by atoms with Crippen LogP contribution >= 0.6 is 0 Å². The van der Waals surface area contributed by atoms with Gasteiger partial charge in [-0.2, -0.15) is 5.10 Å². The summed E-state index contributed by atoms with van der Waals surface area (Å²) in [5.74, 6) is -0.0462. The fraction of sp³-hybridized carbons (Fsp3) is 0.667. The normalized spacial score (nSPS) is 14.8. The van der Waals surface area contributed by atoms with Crippen molar-refractivity contribution in [1.29, 1.82) is 0 Å². The Morgan fingerprint density at radius 1 is 1.61 bits per heavy atom. The third kappa shape index (κ3) is 2.33. The van der Waals surface area contributed by atoms with E-state index in [1.54, 1.807) is 18.8 Å². The van der Waals surface area contributed by atoms with Crippen LogP contribution in [0.15, 0.2) is 0 Å². The van der Waals surface area contributed by atoms with Crippen molar-refractivity contribution in [2.75, 3.05) is 26.0 Å². The highest BCUT2D eigenvalue weighted by Gasteiger charge is 2.35. The van der Waals surface area contributed by atoms with Crippen molar-refractivity contribution in [1.82, 2.24) is 14.7 Å². The molecule has 0 aliphatic heterocycles. The van der Waals surface area contributed by atoms with Gasteiger partial charge >= 0.3 is 0 Å². The lowest BCUT2D eigenvalue weighted by Gasteiger charge is -2.22. The molecule has 1 fully saturated rings. The van der Waals surface area contributed by atoms with E-state index in [4.69, 9.17) is 10.5 Å². The standard InChI is InChI=1S/C12H20N4O2/c1-8-10(13)11(15(2)14-8)12(17)16(6-7-18-3)9-4-5-9/h9H,4-7,13H2,1-3H3. The van der Waals surface area contributed by atoms with E-state index < -0.39 is 0 Å². The lowest BCUT2D eigenvalue weighted by molar-refractivity contribution is 0.0670. The number of aryl methyl sites for hydroxylation is 2. The van der Waals surface area contributed by atoms with Gasteiger partial charge in [-0.1, -0.05) is 0 Å². The van der Waals surface area contributed by atoms with Gasteiger partial charge in [-0.15, -0.1) is 0 Å². The van der Waals surface area contributed by atoms with Gasteiger partial charge in [0.25, 0.3) is 5.91 Å². The van der Waals surface area contributed by atoms with Gasteiger partial charge in [0.1, 0.15) is 5.69 Å². The molecule has 0 aromatic carbocycles. The Bertz CT molecular complexity index is 451. The Morgan fingerprint density at radius 3 is 2.72 bits per heavy atom. The topological polar surface area (TPSA) is 73.4 Å². The fourth-order valence-electron chi connectivity index (χ4n) is 2.09. The summed E-state index contributed by atoms with van der Waals surface area (Å²) < 4.78 is 6.62. The first-order valence-corrected chi connectivity index (χ1v) is 6.15. The summed E-state index contributed by atoms with van der Waals surface area (Å²) in [5.41, 5.74) is 7.59. The van der Waals surface area contributed by atoms with Crippen LogP contribution in [0.25, 0.3) is 0 Å². The van der Waals surface area contributed by atoms with Crippen LogP contribution in [-0.4, -0.2) is 46.9 Å². The van der Waals surface area contributed by atoms with Gasteiger partial charge in [-0.05, 0) is 19.8 Å². The first-order valence-electron chi connectivity index (χ1n) is 6.15. The van der Waals surface area contributed by atoms with Crippen LogP contribution in [0.2, 0.25) is 0 Å². The average Bonchev–Trinajstić information content (AvgIpc) is 3.10. The van der Waals surface area contributed by atoms with Crippen LogP contribution < -0.4 is 5.73 Å². The highest BCUT2D eigenvalue weighted by atomic mass is 16.5. The van der Waals surface area contributed by atoms with Crippen molar-refractivity contribution in [3.63, 3.8) is 0 Å². The number of ether oxygens (including phenoxy) is 1. The van der Waals surface area contributed by atoms with Crippen LogP contribution in [0.3, 0.4) is 0 Å². The lowest BCUT2D eigenvalue weighted by Crippen LogP contribution is -2.37. The van der Waals surface area contributed by atoms with Gasteiger partial charge in [0.15, 0.2) is 0 Å². The Labute approximate surface area is 107 Å². The Balaban J connectivity index is 2.22. The zero-order valence-corrected chi connectivity index (χ0v) is 11.1. The van der Waals surface area contributed by atoms with Gasteiger partial charge in [0.2, 0.25) is 0 Å². The number of nitrogen functional groups attached to an aromatic ring is 1. The maximum atomic E-state index is 12.5. The molecule has 6 nitrogen and oxygen atoms in total. The number of hydrogen-bond acceptors (Lipinski definition) is 4. The van der Waals surface area contributed by atoms with Crippen molar-refractivity contribution in [2.24, 2.45) is 7.05 Å². The Hall–Kier alpha value is -1.56. The first kappa shape index (κ1) is 12.9. The molecule has 0 saturated heterocycles. The van der Waals surface area contributed by atoms with Crippen molar-refractivity contribution in [3.05, 3.63) is 11.4 Å². The van der Waals surface area contributed by atoms with E-state index in [0.717, 1.165) is 12.8 Å². The molecule has 0 atom stereocenters. The quantitative estimate of drug-likeness (QED) is 0.831. The molecule has 1 aliphatic carbocycles. The summed E-state index contributed by atoms with van der Waals surface area (Å²) in [5, 5.41) is 4.19. The van der Waals surface area contributed by atoms with E-state index in [9.17, 15) is 4.79 Å². The van der Waals surface area contributed by atoms with Gasteiger partial charge < -0.3 is 15.4 Å². The molecule has 1 saturated carbocycles. The Morgan fingerprint density at radius 2 is 2.28 bits per heavy atom. The van der Waals surface area contributed by atoms with Gasteiger partial charge in [-0.3, -0.25) is 9.48 Å². The minimum absolute atomic E-state index is 0.0462. The summed E-state index contributed by atoms with van der Waals surface area (Å²) in [6.07, 6.45) is 2.12. The number of carbonyl (C=O) groups is 1. The second-order valence-electron chi connectivity index (χ2n) is 4.69. The third-order valence-electron chi connectivity index (χ3n) is 3.26. The zero-order valence-electron chi connectivity index (χ0n) is 11.1. The predicted octanol–water partition coefficient (Wildman–Crippen LogP) is 0.562. The maximum absolute atomic E-state index is 12.5. The van der Waals surface area contributed by atoms with Crippen LogP contribution in [-0.2, 0) is 11.8 Å². The van der Waals surface area contributed by atoms with Crippen molar-refractivity contribution >= 4 is 11.6 Å². The molecule has 1 aromatic rings. The van der Waals surface area contributed by atoms with Gasteiger partial charge in [0.05, 0.1) is 18.0 Å². The van der Waals surface area contributed by atoms with Crippen molar-refractivity contribution in [2.45, 2.75) is 25.8 Å². The van der Waals surface area contributed by atoms with E-state index in [1.165, 1.54) is 0 Å². The number of aromatic nitrogens is 2. The van der Waals surface area contributed by atoms with Gasteiger partial charge in [-0.25, -0.2) is 0 Å². The molecule has 0 unspecified atom stereocenters. The second-order valence-corrected chi connectivity index (χ2v) is 4.69. The third-order valence-corrected chi connectivity index (χ3v) is 3.26.